The van der Waals surface area contributed by atoms with Crippen molar-refractivity contribution in [3.8, 4) is 11.4 Å². The standard InChI is InChI=1S/C25H22IN3O4S/c1-15-11-17(16(2)29(15)20-6-4-5-18(26)13-20)12-22-24(31)28(25(32)34-22)14-23(30)27-19-7-9-21(33-3)10-8-19/h4-13H,14H2,1-3H3,(H,27,30)/b22-12+. The van der Waals surface area contributed by atoms with Crippen molar-refractivity contribution >= 4 is 63.2 Å². The highest BCUT2D eigenvalue weighted by atomic mass is 127. The Kier molecular flexibility index (Phi) is 7.13. The molecule has 174 valence electrons. The molecule has 2 aromatic carbocycles. The van der Waals surface area contributed by atoms with E-state index in [9.17, 15) is 14.4 Å². The Hall–Kier alpha value is -3.05. The molecule has 0 atom stereocenters. The lowest BCUT2D eigenvalue weighted by Gasteiger charge is -2.12. The molecule has 1 aliphatic rings. The van der Waals surface area contributed by atoms with Crippen LogP contribution in [0.1, 0.15) is 17.0 Å². The zero-order chi connectivity index (χ0) is 24.4. The van der Waals surface area contributed by atoms with Gasteiger partial charge in [-0.3, -0.25) is 19.3 Å². The third-order valence-electron chi connectivity index (χ3n) is 5.37. The van der Waals surface area contributed by atoms with Crippen molar-refractivity contribution in [1.82, 2.24) is 9.47 Å². The van der Waals surface area contributed by atoms with Crippen LogP contribution in [0.5, 0.6) is 5.75 Å². The van der Waals surface area contributed by atoms with Gasteiger partial charge in [0.2, 0.25) is 5.91 Å². The van der Waals surface area contributed by atoms with Gasteiger partial charge in [-0.05, 0) is 108 Å². The normalized spacial score (nSPS) is 14.7. The maximum absolute atomic E-state index is 12.9. The van der Waals surface area contributed by atoms with Crippen LogP contribution in [0.2, 0.25) is 0 Å². The lowest BCUT2D eigenvalue weighted by atomic mass is 10.2. The number of imide groups is 1. The third kappa shape index (κ3) is 5.05. The van der Waals surface area contributed by atoms with Crippen molar-refractivity contribution in [2.24, 2.45) is 0 Å². The molecule has 1 saturated heterocycles. The lowest BCUT2D eigenvalue weighted by Crippen LogP contribution is -2.36. The van der Waals surface area contributed by atoms with Crippen LogP contribution < -0.4 is 10.1 Å². The highest BCUT2D eigenvalue weighted by molar-refractivity contribution is 14.1. The molecule has 1 aromatic heterocycles. The first-order valence-electron chi connectivity index (χ1n) is 10.4. The molecule has 0 saturated carbocycles. The van der Waals surface area contributed by atoms with Gasteiger partial charge in [-0.25, -0.2) is 0 Å². The number of carbonyl (C=O) groups is 3. The largest absolute Gasteiger partial charge is 0.497 e. The van der Waals surface area contributed by atoms with Gasteiger partial charge in [-0.15, -0.1) is 0 Å². The number of nitrogens with one attached hydrogen (secondary N) is 1. The molecule has 0 aliphatic carbocycles. The molecule has 2 heterocycles. The van der Waals surface area contributed by atoms with E-state index < -0.39 is 17.1 Å². The first kappa shape index (κ1) is 24.1. The third-order valence-corrected chi connectivity index (χ3v) is 6.95. The summed E-state index contributed by atoms with van der Waals surface area (Å²) in [6.45, 7) is 3.63. The molecule has 1 N–H and O–H groups in total. The fourth-order valence-corrected chi connectivity index (χ4v) is 5.10. The topological polar surface area (TPSA) is 80.6 Å². The van der Waals surface area contributed by atoms with E-state index in [4.69, 9.17) is 4.74 Å². The Morgan fingerprint density at radius 3 is 2.53 bits per heavy atom. The average molecular weight is 587 g/mol. The molecular weight excluding hydrogens is 565 g/mol. The minimum atomic E-state index is -0.473. The van der Waals surface area contributed by atoms with Gasteiger partial charge in [0.1, 0.15) is 12.3 Å². The van der Waals surface area contributed by atoms with Crippen LogP contribution in [0.15, 0.2) is 59.5 Å². The summed E-state index contributed by atoms with van der Waals surface area (Å²) >= 11 is 3.12. The van der Waals surface area contributed by atoms with Crippen LogP contribution in [-0.2, 0) is 9.59 Å². The molecule has 7 nitrogen and oxygen atoms in total. The maximum Gasteiger partial charge on any atom is 0.294 e. The highest BCUT2D eigenvalue weighted by Crippen LogP contribution is 2.34. The SMILES string of the molecule is COc1ccc(NC(=O)CN2C(=O)S/C(=C/c3cc(C)n(-c4cccc(I)c4)c3C)C2=O)cc1. The number of aryl methyl sites for hydroxylation is 1. The number of hydrogen-bond donors (Lipinski definition) is 1. The molecule has 3 amide bonds. The Balaban J connectivity index is 1.50. The fraction of sp³-hybridized carbons (Fsp3) is 0.160. The summed E-state index contributed by atoms with van der Waals surface area (Å²) in [5.41, 5.74) is 4.41. The van der Waals surface area contributed by atoms with E-state index in [1.807, 2.05) is 38.1 Å². The first-order chi connectivity index (χ1) is 16.3. The summed E-state index contributed by atoms with van der Waals surface area (Å²) in [6.07, 6.45) is 1.72. The quantitative estimate of drug-likeness (QED) is 0.310. The number of rotatable bonds is 6. The van der Waals surface area contributed by atoms with Gasteiger partial charge in [0.15, 0.2) is 0 Å². The molecule has 0 spiro atoms. The number of aromatic nitrogens is 1. The Bertz CT molecular complexity index is 1310. The van der Waals surface area contributed by atoms with Crippen LogP contribution in [0.25, 0.3) is 11.8 Å². The van der Waals surface area contributed by atoms with Gasteiger partial charge >= 0.3 is 0 Å². The second-order valence-electron chi connectivity index (χ2n) is 7.69. The number of carbonyl (C=O) groups excluding carboxylic acids is 3. The second kappa shape index (κ2) is 10.1. The van der Waals surface area contributed by atoms with Crippen molar-refractivity contribution < 1.29 is 19.1 Å². The maximum atomic E-state index is 12.9. The number of halogens is 1. The number of nitrogens with zero attached hydrogens (tertiary/aromatic N) is 2. The predicted molar refractivity (Wildman–Crippen MR) is 142 cm³/mol. The minimum absolute atomic E-state index is 0.296. The number of anilines is 1. The van der Waals surface area contributed by atoms with Gasteiger partial charge in [0.05, 0.1) is 12.0 Å². The molecule has 4 rings (SSSR count). The molecular formula is C25H22IN3O4S. The Morgan fingerprint density at radius 1 is 1.12 bits per heavy atom. The van der Waals surface area contributed by atoms with E-state index in [-0.39, 0.29) is 6.54 Å². The van der Waals surface area contributed by atoms with E-state index in [2.05, 4.69) is 38.5 Å². The number of amides is 3. The lowest BCUT2D eigenvalue weighted by molar-refractivity contribution is -0.127. The molecule has 0 radical (unpaired) electrons. The van der Waals surface area contributed by atoms with Gasteiger partial charge < -0.3 is 14.6 Å². The molecule has 3 aromatic rings. The molecule has 9 heteroatoms. The van der Waals surface area contributed by atoms with Gasteiger partial charge in [-0.1, -0.05) is 6.07 Å². The summed E-state index contributed by atoms with van der Waals surface area (Å²) in [4.78, 5) is 39.1. The van der Waals surface area contributed by atoms with Crippen molar-refractivity contribution in [2.75, 3.05) is 19.0 Å². The van der Waals surface area contributed by atoms with E-state index in [0.717, 1.165) is 42.9 Å². The van der Waals surface area contributed by atoms with E-state index >= 15 is 0 Å². The smallest absolute Gasteiger partial charge is 0.294 e. The zero-order valence-corrected chi connectivity index (χ0v) is 21.8. The van der Waals surface area contributed by atoms with E-state index in [0.29, 0.717) is 16.3 Å². The molecule has 34 heavy (non-hydrogen) atoms. The number of thioether (sulfide) groups is 1. The predicted octanol–water partition coefficient (Wildman–Crippen LogP) is 5.38. The Morgan fingerprint density at radius 2 is 1.85 bits per heavy atom. The van der Waals surface area contributed by atoms with E-state index in [1.165, 1.54) is 0 Å². The Labute approximate surface area is 215 Å². The molecule has 0 bridgehead atoms. The van der Waals surface area contributed by atoms with Gasteiger partial charge in [-0.2, -0.15) is 0 Å². The fourth-order valence-electron chi connectivity index (χ4n) is 3.74. The van der Waals surface area contributed by atoms with Crippen LogP contribution in [0.4, 0.5) is 10.5 Å². The summed E-state index contributed by atoms with van der Waals surface area (Å²) in [7, 11) is 1.56. The zero-order valence-electron chi connectivity index (χ0n) is 18.8. The van der Waals surface area contributed by atoms with Crippen LogP contribution in [0.3, 0.4) is 0 Å². The monoisotopic (exact) mass is 587 g/mol. The summed E-state index contributed by atoms with van der Waals surface area (Å²) < 4.78 is 8.33. The first-order valence-corrected chi connectivity index (χ1v) is 12.3. The van der Waals surface area contributed by atoms with Crippen molar-refractivity contribution in [1.29, 1.82) is 0 Å². The number of benzene rings is 2. The van der Waals surface area contributed by atoms with Crippen LogP contribution >= 0.6 is 34.4 Å². The number of hydrogen-bond acceptors (Lipinski definition) is 5. The molecule has 1 fully saturated rings. The van der Waals surface area contributed by atoms with Crippen LogP contribution in [-0.4, -0.2) is 40.2 Å². The van der Waals surface area contributed by atoms with Crippen LogP contribution in [0, 0.1) is 17.4 Å². The van der Waals surface area contributed by atoms with Gasteiger partial charge in [0, 0.05) is 26.3 Å². The molecule has 1 aliphatic heterocycles. The summed E-state index contributed by atoms with van der Waals surface area (Å²) in [5.74, 6) is -0.264. The number of ether oxygens (including phenoxy) is 1. The van der Waals surface area contributed by atoms with Crippen molar-refractivity contribution in [3.05, 3.63) is 80.0 Å². The van der Waals surface area contributed by atoms with Gasteiger partial charge in [0.25, 0.3) is 11.1 Å². The second-order valence-corrected chi connectivity index (χ2v) is 9.93. The summed E-state index contributed by atoms with van der Waals surface area (Å²) in [5, 5.41) is 2.23. The highest BCUT2D eigenvalue weighted by Gasteiger charge is 2.36. The summed E-state index contributed by atoms with van der Waals surface area (Å²) in [6, 6.07) is 16.9. The molecule has 0 unspecified atom stereocenters. The van der Waals surface area contributed by atoms with Crippen molar-refractivity contribution in [3.63, 3.8) is 0 Å². The van der Waals surface area contributed by atoms with Crippen molar-refractivity contribution in [2.45, 2.75) is 13.8 Å². The van der Waals surface area contributed by atoms with E-state index in [1.54, 1.807) is 37.5 Å². The minimum Gasteiger partial charge on any atom is -0.497 e. The average Bonchev–Trinajstić information content (AvgIpc) is 3.23. The number of methoxy groups -OCH3 is 1.